The SMILES string of the molecule is CC1CCCC(Nc2cnccc2N(C)C)CC1. The molecular formula is C15H25N3. The Hall–Kier alpha value is -1.25. The first-order valence-corrected chi connectivity index (χ1v) is 7.04. The summed E-state index contributed by atoms with van der Waals surface area (Å²) in [7, 11) is 4.16. The molecule has 0 saturated heterocycles. The van der Waals surface area contributed by atoms with Crippen LogP contribution >= 0.6 is 0 Å². The first-order chi connectivity index (χ1) is 8.66. The normalized spacial score (nSPS) is 24.4. The molecule has 2 unspecified atom stereocenters. The van der Waals surface area contributed by atoms with Crippen LogP contribution in [0.5, 0.6) is 0 Å². The van der Waals surface area contributed by atoms with Gasteiger partial charge in [0.05, 0.1) is 17.6 Å². The lowest BCUT2D eigenvalue weighted by molar-refractivity contribution is 0.502. The summed E-state index contributed by atoms with van der Waals surface area (Å²) >= 11 is 0. The fourth-order valence-electron chi connectivity index (χ4n) is 2.74. The van der Waals surface area contributed by atoms with Gasteiger partial charge < -0.3 is 10.2 Å². The van der Waals surface area contributed by atoms with E-state index in [1.807, 2.05) is 12.4 Å². The summed E-state index contributed by atoms with van der Waals surface area (Å²) in [4.78, 5) is 6.38. The van der Waals surface area contributed by atoms with Crippen molar-refractivity contribution in [1.82, 2.24) is 4.98 Å². The van der Waals surface area contributed by atoms with Gasteiger partial charge in [-0.2, -0.15) is 0 Å². The van der Waals surface area contributed by atoms with Gasteiger partial charge in [-0.3, -0.25) is 4.98 Å². The van der Waals surface area contributed by atoms with Crippen molar-refractivity contribution >= 4 is 11.4 Å². The van der Waals surface area contributed by atoms with E-state index in [2.05, 4.69) is 42.3 Å². The zero-order valence-electron chi connectivity index (χ0n) is 11.8. The molecule has 1 saturated carbocycles. The minimum absolute atomic E-state index is 0.609. The lowest BCUT2D eigenvalue weighted by Gasteiger charge is -2.22. The Bertz CT molecular complexity index is 376. The van der Waals surface area contributed by atoms with Gasteiger partial charge in [0.15, 0.2) is 0 Å². The van der Waals surface area contributed by atoms with Crippen LogP contribution in [0.4, 0.5) is 11.4 Å². The second-order valence-electron chi connectivity index (χ2n) is 5.74. The lowest BCUT2D eigenvalue weighted by atomic mass is 10.0. The Balaban J connectivity index is 2.04. The molecule has 2 atom stereocenters. The molecule has 0 spiro atoms. The number of anilines is 2. The maximum absolute atomic E-state index is 4.24. The zero-order valence-corrected chi connectivity index (χ0v) is 11.8. The van der Waals surface area contributed by atoms with Gasteiger partial charge in [-0.1, -0.05) is 19.8 Å². The molecule has 1 fully saturated rings. The van der Waals surface area contributed by atoms with E-state index < -0.39 is 0 Å². The van der Waals surface area contributed by atoms with E-state index in [0.29, 0.717) is 6.04 Å². The molecule has 1 aliphatic carbocycles. The maximum atomic E-state index is 4.24. The Kier molecular flexibility index (Phi) is 4.45. The van der Waals surface area contributed by atoms with Crippen molar-refractivity contribution < 1.29 is 0 Å². The first-order valence-electron chi connectivity index (χ1n) is 7.04. The molecule has 0 radical (unpaired) electrons. The lowest BCUT2D eigenvalue weighted by Crippen LogP contribution is -2.21. The predicted octanol–water partition coefficient (Wildman–Crippen LogP) is 3.53. The third-order valence-electron chi connectivity index (χ3n) is 3.90. The fraction of sp³-hybridized carbons (Fsp3) is 0.667. The van der Waals surface area contributed by atoms with Crippen molar-refractivity contribution in [3.63, 3.8) is 0 Å². The van der Waals surface area contributed by atoms with E-state index in [-0.39, 0.29) is 0 Å². The van der Waals surface area contributed by atoms with E-state index in [0.717, 1.165) is 5.92 Å². The van der Waals surface area contributed by atoms with Gasteiger partial charge in [-0.15, -0.1) is 0 Å². The highest BCUT2D eigenvalue weighted by atomic mass is 15.1. The van der Waals surface area contributed by atoms with Crippen LogP contribution in [0.15, 0.2) is 18.5 Å². The molecule has 3 heteroatoms. The van der Waals surface area contributed by atoms with Crippen molar-refractivity contribution in [3.05, 3.63) is 18.5 Å². The van der Waals surface area contributed by atoms with Crippen molar-refractivity contribution in [1.29, 1.82) is 0 Å². The molecule has 1 aromatic heterocycles. The number of hydrogen-bond acceptors (Lipinski definition) is 3. The van der Waals surface area contributed by atoms with Crippen molar-refractivity contribution in [2.24, 2.45) is 5.92 Å². The second-order valence-corrected chi connectivity index (χ2v) is 5.74. The quantitative estimate of drug-likeness (QED) is 0.828. The van der Waals surface area contributed by atoms with E-state index in [1.54, 1.807) is 0 Å². The van der Waals surface area contributed by atoms with E-state index in [9.17, 15) is 0 Å². The summed E-state index contributed by atoms with van der Waals surface area (Å²) < 4.78 is 0. The molecule has 0 amide bonds. The standard InChI is InChI=1S/C15H25N3/c1-12-5-4-6-13(8-7-12)17-14-11-16-10-9-15(14)18(2)3/h9-13,17H,4-8H2,1-3H3. The van der Waals surface area contributed by atoms with E-state index in [4.69, 9.17) is 0 Å². The summed E-state index contributed by atoms with van der Waals surface area (Å²) in [5, 5.41) is 3.69. The summed E-state index contributed by atoms with van der Waals surface area (Å²) in [5.74, 6) is 0.888. The molecule has 1 aromatic rings. The number of nitrogens with zero attached hydrogens (tertiary/aromatic N) is 2. The van der Waals surface area contributed by atoms with E-state index >= 15 is 0 Å². The average molecular weight is 247 g/mol. The molecule has 0 bridgehead atoms. The minimum atomic E-state index is 0.609. The monoisotopic (exact) mass is 247 g/mol. The number of pyridine rings is 1. The predicted molar refractivity (Wildman–Crippen MR) is 78.2 cm³/mol. The smallest absolute Gasteiger partial charge is 0.0766 e. The highest BCUT2D eigenvalue weighted by molar-refractivity contribution is 5.68. The maximum Gasteiger partial charge on any atom is 0.0766 e. The molecule has 0 aromatic carbocycles. The van der Waals surface area contributed by atoms with Crippen LogP contribution in [0.3, 0.4) is 0 Å². The van der Waals surface area contributed by atoms with Gasteiger partial charge in [0, 0.05) is 26.3 Å². The summed E-state index contributed by atoms with van der Waals surface area (Å²) in [6, 6.07) is 2.68. The van der Waals surface area contributed by atoms with Gasteiger partial charge in [-0.05, 0) is 31.2 Å². The average Bonchev–Trinajstić information content (AvgIpc) is 2.55. The third kappa shape index (κ3) is 3.37. The summed E-state index contributed by atoms with van der Waals surface area (Å²) in [6.45, 7) is 2.37. The second kappa shape index (κ2) is 6.07. The number of nitrogens with one attached hydrogen (secondary N) is 1. The molecule has 1 aliphatic rings. The van der Waals surface area contributed by atoms with Gasteiger partial charge in [0.25, 0.3) is 0 Å². The van der Waals surface area contributed by atoms with Gasteiger partial charge in [0.1, 0.15) is 0 Å². The van der Waals surface area contributed by atoms with Crippen LogP contribution in [0.2, 0.25) is 0 Å². The van der Waals surface area contributed by atoms with Crippen LogP contribution in [0.25, 0.3) is 0 Å². The number of rotatable bonds is 3. The molecule has 100 valence electrons. The Labute approximate surface area is 111 Å². The highest BCUT2D eigenvalue weighted by Crippen LogP contribution is 2.28. The molecule has 1 heterocycles. The van der Waals surface area contributed by atoms with Crippen molar-refractivity contribution in [2.75, 3.05) is 24.3 Å². The minimum Gasteiger partial charge on any atom is -0.379 e. The van der Waals surface area contributed by atoms with Crippen molar-refractivity contribution in [2.45, 2.75) is 45.1 Å². The zero-order chi connectivity index (χ0) is 13.0. The van der Waals surface area contributed by atoms with Crippen LogP contribution in [-0.4, -0.2) is 25.1 Å². The third-order valence-corrected chi connectivity index (χ3v) is 3.90. The molecule has 0 aliphatic heterocycles. The number of hydrogen-bond donors (Lipinski definition) is 1. The van der Waals surface area contributed by atoms with Crippen LogP contribution < -0.4 is 10.2 Å². The Morgan fingerprint density at radius 2 is 2.06 bits per heavy atom. The molecular weight excluding hydrogens is 222 g/mol. The van der Waals surface area contributed by atoms with Gasteiger partial charge in [-0.25, -0.2) is 0 Å². The van der Waals surface area contributed by atoms with Crippen LogP contribution in [0.1, 0.15) is 39.0 Å². The largest absolute Gasteiger partial charge is 0.379 e. The Morgan fingerprint density at radius 3 is 2.83 bits per heavy atom. The molecule has 2 rings (SSSR count). The molecule has 1 N–H and O–H groups in total. The van der Waals surface area contributed by atoms with Gasteiger partial charge >= 0.3 is 0 Å². The Morgan fingerprint density at radius 1 is 1.22 bits per heavy atom. The summed E-state index contributed by atoms with van der Waals surface area (Å²) in [6.07, 6.45) is 10.4. The molecule has 18 heavy (non-hydrogen) atoms. The van der Waals surface area contributed by atoms with Crippen LogP contribution in [-0.2, 0) is 0 Å². The first kappa shape index (κ1) is 13.2. The summed E-state index contributed by atoms with van der Waals surface area (Å²) in [5.41, 5.74) is 2.39. The van der Waals surface area contributed by atoms with Crippen LogP contribution in [0, 0.1) is 5.92 Å². The van der Waals surface area contributed by atoms with E-state index in [1.165, 1.54) is 43.5 Å². The topological polar surface area (TPSA) is 28.2 Å². The molecule has 3 nitrogen and oxygen atoms in total. The fourth-order valence-corrected chi connectivity index (χ4v) is 2.74. The highest BCUT2D eigenvalue weighted by Gasteiger charge is 2.17. The number of aromatic nitrogens is 1. The van der Waals surface area contributed by atoms with Crippen molar-refractivity contribution in [3.8, 4) is 0 Å². The van der Waals surface area contributed by atoms with Gasteiger partial charge in [0.2, 0.25) is 0 Å².